The molecule has 2 aliphatic rings. The molecule has 2 aromatic carbocycles. The Morgan fingerprint density at radius 1 is 1.04 bits per heavy atom. The van der Waals surface area contributed by atoms with Gasteiger partial charge >= 0.3 is 6.03 Å². The Morgan fingerprint density at radius 3 is 2.25 bits per heavy atom. The van der Waals surface area contributed by atoms with Gasteiger partial charge in [-0.2, -0.15) is 0 Å². The van der Waals surface area contributed by atoms with E-state index in [1.165, 1.54) is 11.3 Å². The van der Waals surface area contributed by atoms with Gasteiger partial charge in [-0.3, -0.25) is 0 Å². The first kappa shape index (κ1) is 18.9. The number of benzene rings is 2. The maximum Gasteiger partial charge on any atom is 0.317 e. The third-order valence-electron chi connectivity index (χ3n) is 5.89. The number of nitrogens with zero attached hydrogens (tertiary/aromatic N) is 2. The van der Waals surface area contributed by atoms with Gasteiger partial charge < -0.3 is 19.9 Å². The number of halogens is 1. The normalized spacial score (nSPS) is 17.9. The van der Waals surface area contributed by atoms with E-state index >= 15 is 0 Å². The lowest BCUT2D eigenvalue weighted by Gasteiger charge is -2.36. The molecule has 0 aromatic heterocycles. The van der Waals surface area contributed by atoms with Crippen LogP contribution in [0, 0.1) is 0 Å². The van der Waals surface area contributed by atoms with E-state index < -0.39 is 0 Å². The second-order valence-electron chi connectivity index (χ2n) is 7.62. The quantitative estimate of drug-likeness (QED) is 0.829. The van der Waals surface area contributed by atoms with E-state index in [2.05, 4.69) is 34.5 Å². The molecule has 0 unspecified atom stereocenters. The van der Waals surface area contributed by atoms with Crippen LogP contribution in [0.15, 0.2) is 48.5 Å². The first-order valence-corrected chi connectivity index (χ1v) is 10.2. The minimum absolute atomic E-state index is 0.0367. The number of urea groups is 1. The smallest absolute Gasteiger partial charge is 0.317 e. The van der Waals surface area contributed by atoms with Crippen molar-refractivity contribution in [2.45, 2.75) is 18.3 Å². The number of ether oxygens (including phenoxy) is 1. The van der Waals surface area contributed by atoms with Crippen molar-refractivity contribution in [2.24, 2.45) is 0 Å². The van der Waals surface area contributed by atoms with Crippen LogP contribution in [-0.4, -0.2) is 50.8 Å². The Morgan fingerprint density at radius 2 is 1.68 bits per heavy atom. The van der Waals surface area contributed by atoms with Crippen LogP contribution < -0.4 is 15.0 Å². The summed E-state index contributed by atoms with van der Waals surface area (Å²) in [5, 5.41) is 3.91. The SMILES string of the molecule is COc1ccc(N2CCN(C(=O)NCC3(c4ccc(Cl)cc4)CC3)CC2)cc1. The standard InChI is InChI=1S/C22H26ClN3O2/c1-28-20-8-6-19(7-9-20)25-12-14-26(15-13-25)21(27)24-16-22(10-11-22)17-2-4-18(23)5-3-17/h2-9H,10-16H2,1H3,(H,24,27). The Kier molecular flexibility index (Phi) is 5.36. The molecule has 1 saturated heterocycles. The molecule has 2 amide bonds. The van der Waals surface area contributed by atoms with Crippen molar-refractivity contribution in [3.63, 3.8) is 0 Å². The number of nitrogens with one attached hydrogen (secondary N) is 1. The second-order valence-corrected chi connectivity index (χ2v) is 8.05. The van der Waals surface area contributed by atoms with Gasteiger partial charge in [0.15, 0.2) is 0 Å². The minimum atomic E-state index is 0.0367. The number of anilines is 1. The molecule has 1 aliphatic heterocycles. The Labute approximate surface area is 171 Å². The van der Waals surface area contributed by atoms with E-state index in [0.29, 0.717) is 6.54 Å². The van der Waals surface area contributed by atoms with Crippen molar-refractivity contribution in [3.8, 4) is 5.75 Å². The number of hydrogen-bond donors (Lipinski definition) is 1. The molecule has 1 N–H and O–H groups in total. The van der Waals surface area contributed by atoms with Crippen molar-refractivity contribution < 1.29 is 9.53 Å². The number of rotatable bonds is 5. The highest BCUT2D eigenvalue weighted by Gasteiger charge is 2.44. The molecule has 148 valence electrons. The molecule has 5 nitrogen and oxygen atoms in total. The number of methoxy groups -OCH3 is 1. The summed E-state index contributed by atoms with van der Waals surface area (Å²) in [5.41, 5.74) is 2.52. The molecule has 1 aliphatic carbocycles. The number of piperazine rings is 1. The summed E-state index contributed by atoms with van der Waals surface area (Å²) >= 11 is 6.00. The lowest BCUT2D eigenvalue weighted by Crippen LogP contribution is -2.52. The summed E-state index contributed by atoms with van der Waals surface area (Å²) < 4.78 is 5.22. The predicted octanol–water partition coefficient (Wildman–Crippen LogP) is 3.91. The van der Waals surface area contributed by atoms with E-state index in [0.717, 1.165) is 49.8 Å². The average molecular weight is 400 g/mol. The molecule has 1 heterocycles. The van der Waals surface area contributed by atoms with Crippen molar-refractivity contribution >= 4 is 23.3 Å². The number of hydrogen-bond acceptors (Lipinski definition) is 3. The summed E-state index contributed by atoms with van der Waals surface area (Å²) in [4.78, 5) is 16.9. The molecule has 28 heavy (non-hydrogen) atoms. The molecule has 2 aromatic rings. The lowest BCUT2D eigenvalue weighted by molar-refractivity contribution is 0.193. The van der Waals surface area contributed by atoms with E-state index in [4.69, 9.17) is 16.3 Å². The molecule has 0 radical (unpaired) electrons. The number of amides is 2. The van der Waals surface area contributed by atoms with Crippen LogP contribution in [0.5, 0.6) is 5.75 Å². The van der Waals surface area contributed by atoms with Gasteiger partial charge in [-0.15, -0.1) is 0 Å². The van der Waals surface area contributed by atoms with Crippen molar-refractivity contribution in [2.75, 3.05) is 44.7 Å². The molecule has 4 rings (SSSR count). The maximum absolute atomic E-state index is 12.6. The van der Waals surface area contributed by atoms with Crippen molar-refractivity contribution in [1.82, 2.24) is 10.2 Å². The van der Waals surface area contributed by atoms with Crippen LogP contribution in [0.2, 0.25) is 5.02 Å². The largest absolute Gasteiger partial charge is 0.497 e. The number of carbonyl (C=O) groups is 1. The van der Waals surface area contributed by atoms with Gasteiger partial charge in [-0.25, -0.2) is 4.79 Å². The third kappa shape index (κ3) is 4.04. The zero-order chi connectivity index (χ0) is 19.6. The molecule has 0 spiro atoms. The van der Waals surface area contributed by atoms with Gasteiger partial charge in [0.25, 0.3) is 0 Å². The van der Waals surface area contributed by atoms with Crippen LogP contribution in [0.1, 0.15) is 18.4 Å². The second kappa shape index (κ2) is 7.92. The highest BCUT2D eigenvalue weighted by Crippen LogP contribution is 2.47. The average Bonchev–Trinajstić information content (AvgIpc) is 3.54. The monoisotopic (exact) mass is 399 g/mol. The summed E-state index contributed by atoms with van der Waals surface area (Å²) in [7, 11) is 1.67. The van der Waals surface area contributed by atoms with Crippen LogP contribution in [0.3, 0.4) is 0 Å². The third-order valence-corrected chi connectivity index (χ3v) is 6.14. The Hall–Kier alpha value is -2.40. The summed E-state index contributed by atoms with van der Waals surface area (Å²) in [6, 6.07) is 16.1. The van der Waals surface area contributed by atoms with Gasteiger partial charge in [0.05, 0.1) is 7.11 Å². The van der Waals surface area contributed by atoms with Gasteiger partial charge in [-0.1, -0.05) is 23.7 Å². The van der Waals surface area contributed by atoms with E-state index in [-0.39, 0.29) is 11.4 Å². The van der Waals surface area contributed by atoms with Gasteiger partial charge in [0.1, 0.15) is 5.75 Å². The van der Waals surface area contributed by atoms with Crippen molar-refractivity contribution in [3.05, 3.63) is 59.1 Å². The van der Waals surface area contributed by atoms with Crippen molar-refractivity contribution in [1.29, 1.82) is 0 Å². The van der Waals surface area contributed by atoms with Crippen LogP contribution in [0.4, 0.5) is 10.5 Å². The summed E-state index contributed by atoms with van der Waals surface area (Å²) in [5.74, 6) is 0.858. The molecule has 0 atom stereocenters. The Bertz CT molecular complexity index is 811. The van der Waals surface area contributed by atoms with Crippen LogP contribution in [-0.2, 0) is 5.41 Å². The summed E-state index contributed by atoms with van der Waals surface area (Å²) in [6.07, 6.45) is 2.22. The fourth-order valence-electron chi connectivity index (χ4n) is 3.84. The van der Waals surface area contributed by atoms with E-state index in [9.17, 15) is 4.79 Å². The van der Waals surface area contributed by atoms with E-state index in [1.54, 1.807) is 7.11 Å². The fraction of sp³-hybridized carbons (Fsp3) is 0.409. The van der Waals surface area contributed by atoms with E-state index in [1.807, 2.05) is 29.2 Å². The molecule has 0 bridgehead atoms. The fourth-order valence-corrected chi connectivity index (χ4v) is 3.97. The molecular formula is C22H26ClN3O2. The molecule has 6 heteroatoms. The molecular weight excluding hydrogens is 374 g/mol. The maximum atomic E-state index is 12.6. The van der Waals surface area contributed by atoms with Gasteiger partial charge in [-0.05, 0) is 54.8 Å². The highest BCUT2D eigenvalue weighted by atomic mass is 35.5. The Balaban J connectivity index is 1.28. The first-order chi connectivity index (χ1) is 13.6. The highest BCUT2D eigenvalue weighted by molar-refractivity contribution is 6.30. The molecule has 2 fully saturated rings. The molecule has 1 saturated carbocycles. The zero-order valence-corrected chi connectivity index (χ0v) is 16.9. The first-order valence-electron chi connectivity index (χ1n) is 9.77. The predicted molar refractivity (Wildman–Crippen MR) is 113 cm³/mol. The van der Waals surface area contributed by atoms with Crippen LogP contribution in [0.25, 0.3) is 0 Å². The topological polar surface area (TPSA) is 44.8 Å². The van der Waals surface area contributed by atoms with Gasteiger partial charge in [0.2, 0.25) is 0 Å². The summed E-state index contributed by atoms with van der Waals surface area (Å²) in [6.45, 7) is 3.81. The minimum Gasteiger partial charge on any atom is -0.497 e. The zero-order valence-electron chi connectivity index (χ0n) is 16.2. The number of carbonyl (C=O) groups excluding carboxylic acids is 1. The lowest BCUT2D eigenvalue weighted by atomic mass is 9.96. The van der Waals surface area contributed by atoms with Crippen LogP contribution >= 0.6 is 11.6 Å². The van der Waals surface area contributed by atoms with Gasteiger partial charge in [0, 0.05) is 48.8 Å².